The molecule has 0 atom stereocenters. The van der Waals surface area contributed by atoms with Crippen molar-refractivity contribution in [2.24, 2.45) is 0 Å². The van der Waals surface area contributed by atoms with Crippen LogP contribution in [-0.4, -0.2) is 16.7 Å². The van der Waals surface area contributed by atoms with E-state index in [0.29, 0.717) is 5.82 Å². The lowest BCUT2D eigenvalue weighted by Crippen LogP contribution is -2.14. The van der Waals surface area contributed by atoms with E-state index in [4.69, 9.17) is 5.26 Å². The minimum absolute atomic E-state index is 0.0146. The monoisotopic (exact) mass is 190 g/mol. The highest BCUT2D eigenvalue weighted by Crippen LogP contribution is 2.19. The molecule has 14 heavy (non-hydrogen) atoms. The lowest BCUT2D eigenvalue weighted by molar-refractivity contribution is 0.559. The van der Waals surface area contributed by atoms with Crippen molar-refractivity contribution in [3.05, 3.63) is 17.8 Å². The molecular weight excluding hydrogens is 176 g/mol. The highest BCUT2D eigenvalue weighted by Gasteiger charge is 2.15. The van der Waals surface area contributed by atoms with Gasteiger partial charge < -0.3 is 5.32 Å². The van der Waals surface area contributed by atoms with E-state index in [1.165, 1.54) is 0 Å². The van der Waals surface area contributed by atoms with Crippen LogP contribution in [0.15, 0.2) is 12.1 Å². The van der Waals surface area contributed by atoms with Crippen molar-refractivity contribution in [3.63, 3.8) is 0 Å². The van der Waals surface area contributed by atoms with Gasteiger partial charge in [0, 0.05) is 5.41 Å². The number of hydrogen-bond acceptors (Lipinski definition) is 4. The van der Waals surface area contributed by atoms with Gasteiger partial charge in [0.2, 0.25) is 0 Å². The summed E-state index contributed by atoms with van der Waals surface area (Å²) in [6, 6.07) is 5.74. The summed E-state index contributed by atoms with van der Waals surface area (Å²) in [5.74, 6) is 0.638. The fourth-order valence-corrected chi connectivity index (χ4v) is 0.957. The Morgan fingerprint density at radius 2 is 2.07 bits per heavy atom. The van der Waals surface area contributed by atoms with Crippen LogP contribution in [0.25, 0.3) is 0 Å². The molecule has 74 valence electrons. The molecule has 0 saturated heterocycles. The standard InChI is InChI=1S/C10H14N4/c1-10(2,3)8-4-5-9(14-13-8)12-7-6-11/h4-5H,7H2,1-3H3,(H,12,14). The van der Waals surface area contributed by atoms with E-state index in [-0.39, 0.29) is 12.0 Å². The quantitative estimate of drug-likeness (QED) is 0.721. The van der Waals surface area contributed by atoms with Gasteiger partial charge in [-0.2, -0.15) is 10.4 Å². The average molecular weight is 190 g/mol. The van der Waals surface area contributed by atoms with Gasteiger partial charge in [-0.3, -0.25) is 0 Å². The summed E-state index contributed by atoms with van der Waals surface area (Å²) in [6.07, 6.45) is 0. The summed E-state index contributed by atoms with van der Waals surface area (Å²) >= 11 is 0. The molecule has 4 nitrogen and oxygen atoms in total. The number of anilines is 1. The van der Waals surface area contributed by atoms with Gasteiger partial charge in [0.25, 0.3) is 0 Å². The Morgan fingerprint density at radius 3 is 2.50 bits per heavy atom. The number of nitriles is 1. The predicted octanol–water partition coefficient (Wildman–Crippen LogP) is 1.71. The highest BCUT2D eigenvalue weighted by molar-refractivity contribution is 5.34. The zero-order valence-corrected chi connectivity index (χ0v) is 8.70. The van der Waals surface area contributed by atoms with Crippen molar-refractivity contribution >= 4 is 5.82 Å². The molecule has 0 aromatic carbocycles. The normalized spacial score (nSPS) is 10.7. The summed E-state index contributed by atoms with van der Waals surface area (Å²) < 4.78 is 0. The highest BCUT2D eigenvalue weighted by atomic mass is 15.2. The minimum atomic E-state index is 0.0146. The van der Waals surface area contributed by atoms with Crippen molar-refractivity contribution in [3.8, 4) is 6.07 Å². The first-order chi connectivity index (χ1) is 6.54. The Labute approximate surface area is 84.0 Å². The maximum atomic E-state index is 8.35. The van der Waals surface area contributed by atoms with E-state index in [2.05, 4.69) is 36.3 Å². The smallest absolute Gasteiger partial charge is 0.149 e. The minimum Gasteiger partial charge on any atom is -0.356 e. The van der Waals surface area contributed by atoms with Crippen LogP contribution in [0.5, 0.6) is 0 Å². The fourth-order valence-electron chi connectivity index (χ4n) is 0.957. The van der Waals surface area contributed by atoms with Crippen LogP contribution in [0.2, 0.25) is 0 Å². The Kier molecular flexibility index (Phi) is 3.03. The van der Waals surface area contributed by atoms with Crippen LogP contribution in [0, 0.1) is 11.3 Å². The molecule has 1 aromatic rings. The molecule has 0 saturated carbocycles. The third-order valence-electron chi connectivity index (χ3n) is 1.78. The van der Waals surface area contributed by atoms with Gasteiger partial charge in [-0.25, -0.2) is 0 Å². The van der Waals surface area contributed by atoms with Crippen molar-refractivity contribution in [2.75, 3.05) is 11.9 Å². The number of aromatic nitrogens is 2. The number of nitrogens with one attached hydrogen (secondary N) is 1. The number of rotatable bonds is 2. The third kappa shape index (κ3) is 2.70. The summed E-state index contributed by atoms with van der Waals surface area (Å²) in [5, 5.41) is 19.2. The molecule has 0 spiro atoms. The summed E-state index contributed by atoms with van der Waals surface area (Å²) in [5.41, 5.74) is 0.959. The predicted molar refractivity (Wildman–Crippen MR) is 54.8 cm³/mol. The van der Waals surface area contributed by atoms with Crippen LogP contribution in [-0.2, 0) is 5.41 Å². The van der Waals surface area contributed by atoms with Crippen LogP contribution in [0.1, 0.15) is 26.5 Å². The van der Waals surface area contributed by atoms with Gasteiger partial charge in [-0.05, 0) is 12.1 Å². The Hall–Kier alpha value is -1.63. The topological polar surface area (TPSA) is 61.6 Å². The fraction of sp³-hybridized carbons (Fsp3) is 0.500. The molecule has 1 heterocycles. The van der Waals surface area contributed by atoms with Crippen molar-refractivity contribution in [2.45, 2.75) is 26.2 Å². The summed E-state index contributed by atoms with van der Waals surface area (Å²) in [6.45, 7) is 6.50. The zero-order chi connectivity index (χ0) is 10.6. The molecule has 4 heteroatoms. The van der Waals surface area contributed by atoms with Gasteiger partial charge in [0.1, 0.15) is 12.4 Å². The number of nitrogens with zero attached hydrogens (tertiary/aromatic N) is 3. The van der Waals surface area contributed by atoms with Crippen molar-refractivity contribution in [1.29, 1.82) is 5.26 Å². The maximum absolute atomic E-state index is 8.35. The molecule has 1 aromatic heterocycles. The lowest BCUT2D eigenvalue weighted by Gasteiger charge is -2.16. The average Bonchev–Trinajstić information content (AvgIpc) is 2.14. The van der Waals surface area contributed by atoms with Gasteiger partial charge in [0.05, 0.1) is 11.8 Å². The first-order valence-electron chi connectivity index (χ1n) is 4.49. The third-order valence-corrected chi connectivity index (χ3v) is 1.78. The zero-order valence-electron chi connectivity index (χ0n) is 8.70. The molecule has 0 aliphatic rings. The van der Waals surface area contributed by atoms with Crippen LogP contribution < -0.4 is 5.32 Å². The largest absolute Gasteiger partial charge is 0.356 e. The van der Waals surface area contributed by atoms with Crippen molar-refractivity contribution < 1.29 is 0 Å². The second-order valence-electron chi connectivity index (χ2n) is 4.07. The Bertz CT molecular complexity index is 329. The molecule has 0 radical (unpaired) electrons. The second-order valence-corrected chi connectivity index (χ2v) is 4.07. The summed E-state index contributed by atoms with van der Waals surface area (Å²) in [7, 11) is 0. The number of hydrogen-bond donors (Lipinski definition) is 1. The van der Waals surface area contributed by atoms with Crippen LogP contribution >= 0.6 is 0 Å². The van der Waals surface area contributed by atoms with E-state index in [9.17, 15) is 0 Å². The molecule has 1 N–H and O–H groups in total. The van der Waals surface area contributed by atoms with E-state index in [1.807, 2.05) is 18.2 Å². The maximum Gasteiger partial charge on any atom is 0.149 e. The second kappa shape index (κ2) is 4.05. The molecule has 1 rings (SSSR count). The molecule has 0 aliphatic heterocycles. The van der Waals surface area contributed by atoms with E-state index in [1.54, 1.807) is 0 Å². The molecule has 0 bridgehead atoms. The van der Waals surface area contributed by atoms with Gasteiger partial charge >= 0.3 is 0 Å². The van der Waals surface area contributed by atoms with Gasteiger partial charge in [-0.15, -0.1) is 5.10 Å². The molecule has 0 fully saturated rings. The first-order valence-corrected chi connectivity index (χ1v) is 4.49. The van der Waals surface area contributed by atoms with E-state index >= 15 is 0 Å². The van der Waals surface area contributed by atoms with E-state index < -0.39 is 0 Å². The first kappa shape index (κ1) is 10.5. The SMILES string of the molecule is CC(C)(C)c1ccc(NCC#N)nn1. The summed E-state index contributed by atoms with van der Waals surface area (Å²) in [4.78, 5) is 0. The van der Waals surface area contributed by atoms with Crippen LogP contribution in [0.3, 0.4) is 0 Å². The van der Waals surface area contributed by atoms with Gasteiger partial charge in [-0.1, -0.05) is 20.8 Å². The lowest BCUT2D eigenvalue weighted by atomic mass is 9.92. The van der Waals surface area contributed by atoms with Crippen LogP contribution in [0.4, 0.5) is 5.82 Å². The Morgan fingerprint density at radius 1 is 1.36 bits per heavy atom. The molecule has 0 unspecified atom stereocenters. The molecular formula is C10H14N4. The Balaban J connectivity index is 2.75. The van der Waals surface area contributed by atoms with Crippen molar-refractivity contribution in [1.82, 2.24) is 10.2 Å². The van der Waals surface area contributed by atoms with E-state index in [0.717, 1.165) is 5.69 Å². The molecule has 0 aliphatic carbocycles. The van der Waals surface area contributed by atoms with Gasteiger partial charge in [0.15, 0.2) is 0 Å². The molecule has 0 amide bonds.